The molecule has 3 N–H and O–H groups in total. The fraction of sp³-hybridized carbons (Fsp3) is 0.158. The second-order valence-corrected chi connectivity index (χ2v) is 8.22. The first-order chi connectivity index (χ1) is 14.2. The Hall–Kier alpha value is -3.73. The molecule has 3 rings (SSSR count). The summed E-state index contributed by atoms with van der Waals surface area (Å²) >= 11 is 0. The largest absolute Gasteiger partial charge is 0.348 e. The molecule has 0 aliphatic heterocycles. The molecule has 10 nitrogen and oxygen atoms in total. The van der Waals surface area contributed by atoms with Crippen molar-refractivity contribution in [3.63, 3.8) is 0 Å². The van der Waals surface area contributed by atoms with E-state index in [0.29, 0.717) is 11.5 Å². The number of hydrogen-bond acceptors (Lipinski definition) is 6. The van der Waals surface area contributed by atoms with E-state index in [2.05, 4.69) is 25.4 Å². The zero-order valence-electron chi connectivity index (χ0n) is 16.3. The van der Waals surface area contributed by atoms with Gasteiger partial charge in [-0.05, 0) is 35.9 Å². The molecule has 0 saturated heterocycles. The zero-order chi connectivity index (χ0) is 21.7. The molecule has 1 aromatic carbocycles. The third-order valence-electron chi connectivity index (χ3n) is 3.88. The third kappa shape index (κ3) is 5.64. The van der Waals surface area contributed by atoms with Crippen molar-refractivity contribution in [1.82, 2.24) is 20.1 Å². The molecule has 2 amide bonds. The first kappa shape index (κ1) is 21.0. The van der Waals surface area contributed by atoms with E-state index >= 15 is 0 Å². The van der Waals surface area contributed by atoms with Crippen LogP contribution in [-0.4, -0.2) is 41.3 Å². The van der Waals surface area contributed by atoms with Crippen LogP contribution in [0.1, 0.15) is 22.8 Å². The fourth-order valence-corrected chi connectivity index (χ4v) is 3.22. The lowest BCUT2D eigenvalue weighted by atomic mass is 10.1. The van der Waals surface area contributed by atoms with E-state index in [4.69, 9.17) is 0 Å². The van der Waals surface area contributed by atoms with Crippen LogP contribution in [0.2, 0.25) is 0 Å². The van der Waals surface area contributed by atoms with Gasteiger partial charge in [-0.3, -0.25) is 14.3 Å². The molecule has 3 aromatic rings. The lowest BCUT2D eigenvalue weighted by molar-refractivity contribution is -0.114. The van der Waals surface area contributed by atoms with Crippen LogP contribution < -0.4 is 15.4 Å². The number of pyridine rings is 1. The van der Waals surface area contributed by atoms with Gasteiger partial charge >= 0.3 is 0 Å². The summed E-state index contributed by atoms with van der Waals surface area (Å²) in [5, 5.41) is 9.39. The van der Waals surface area contributed by atoms with E-state index in [1.165, 1.54) is 25.1 Å². The normalized spacial score (nSPS) is 11.0. The average molecular weight is 428 g/mol. The topological polar surface area (TPSA) is 135 Å². The highest BCUT2D eigenvalue weighted by Crippen LogP contribution is 2.22. The van der Waals surface area contributed by atoms with E-state index in [-0.39, 0.29) is 23.7 Å². The van der Waals surface area contributed by atoms with Crippen LogP contribution in [0.5, 0.6) is 0 Å². The minimum atomic E-state index is -3.60. The standard InChI is InChI=1S/C19H20N6O4S/c1-13(26)23-15-5-6-17(24-30(2,28)29)16(10-15)19(27)21-12-14-4-7-18(20-11-14)25-9-3-8-22-25/h3-11,24H,12H2,1-2H3,(H,21,27)(H,23,26). The predicted octanol–water partition coefficient (Wildman–Crippen LogP) is 1.53. The number of nitrogens with zero attached hydrogens (tertiary/aromatic N) is 3. The molecule has 0 fully saturated rings. The maximum Gasteiger partial charge on any atom is 0.253 e. The summed E-state index contributed by atoms with van der Waals surface area (Å²) in [6.45, 7) is 1.51. The van der Waals surface area contributed by atoms with Gasteiger partial charge in [0.2, 0.25) is 15.9 Å². The van der Waals surface area contributed by atoms with Crippen LogP contribution >= 0.6 is 0 Å². The third-order valence-corrected chi connectivity index (χ3v) is 4.47. The smallest absolute Gasteiger partial charge is 0.253 e. The molecule has 156 valence electrons. The van der Waals surface area contributed by atoms with Crippen molar-refractivity contribution in [3.05, 3.63) is 66.1 Å². The Bertz CT molecular complexity index is 1160. The second-order valence-electron chi connectivity index (χ2n) is 6.47. The van der Waals surface area contributed by atoms with Crippen molar-refractivity contribution in [2.24, 2.45) is 0 Å². The van der Waals surface area contributed by atoms with Gasteiger partial charge in [-0.2, -0.15) is 5.10 Å². The molecule has 0 unspecified atom stereocenters. The highest BCUT2D eigenvalue weighted by atomic mass is 32.2. The van der Waals surface area contributed by atoms with E-state index < -0.39 is 15.9 Å². The summed E-state index contributed by atoms with van der Waals surface area (Å²) in [4.78, 5) is 28.3. The number of rotatable bonds is 7. The van der Waals surface area contributed by atoms with Crippen molar-refractivity contribution < 1.29 is 18.0 Å². The number of benzene rings is 1. The summed E-state index contributed by atoms with van der Waals surface area (Å²) in [5.41, 5.74) is 1.30. The molecule has 0 radical (unpaired) electrons. The molecular formula is C19H20N6O4S. The number of nitrogens with one attached hydrogen (secondary N) is 3. The number of anilines is 2. The molecule has 0 saturated carbocycles. The predicted molar refractivity (Wildman–Crippen MR) is 112 cm³/mol. The fourth-order valence-electron chi connectivity index (χ4n) is 2.64. The van der Waals surface area contributed by atoms with Crippen LogP contribution in [0.15, 0.2) is 55.0 Å². The molecule has 30 heavy (non-hydrogen) atoms. The highest BCUT2D eigenvalue weighted by Gasteiger charge is 2.16. The summed E-state index contributed by atoms with van der Waals surface area (Å²) in [7, 11) is -3.60. The van der Waals surface area contributed by atoms with E-state index in [1.54, 1.807) is 41.5 Å². The quantitative estimate of drug-likeness (QED) is 0.522. The molecule has 2 heterocycles. The van der Waals surface area contributed by atoms with Gasteiger partial charge in [-0.1, -0.05) is 6.07 Å². The number of carbonyl (C=O) groups excluding carboxylic acids is 2. The molecular weight excluding hydrogens is 408 g/mol. The van der Waals surface area contributed by atoms with Gasteiger partial charge in [0, 0.05) is 37.7 Å². The number of carbonyl (C=O) groups is 2. The highest BCUT2D eigenvalue weighted by molar-refractivity contribution is 7.92. The number of sulfonamides is 1. The van der Waals surface area contributed by atoms with Crippen LogP contribution in [0.4, 0.5) is 11.4 Å². The summed E-state index contributed by atoms with van der Waals surface area (Å²) in [5.74, 6) is -0.184. The van der Waals surface area contributed by atoms with Gasteiger partial charge in [0.05, 0.1) is 17.5 Å². The van der Waals surface area contributed by atoms with Crippen LogP contribution in [0.3, 0.4) is 0 Å². The van der Waals surface area contributed by atoms with Crippen LogP contribution in [-0.2, 0) is 21.4 Å². The Morgan fingerprint density at radius 3 is 2.57 bits per heavy atom. The maximum atomic E-state index is 12.7. The van der Waals surface area contributed by atoms with Gasteiger partial charge in [0.25, 0.3) is 5.91 Å². The van der Waals surface area contributed by atoms with E-state index in [0.717, 1.165) is 11.8 Å². The van der Waals surface area contributed by atoms with Crippen molar-refractivity contribution in [2.75, 3.05) is 16.3 Å². The summed E-state index contributed by atoms with van der Waals surface area (Å²) in [6.07, 6.45) is 6.01. The Morgan fingerprint density at radius 2 is 1.97 bits per heavy atom. The molecule has 11 heteroatoms. The second kappa shape index (κ2) is 8.74. The Balaban J connectivity index is 1.76. The molecule has 2 aromatic heterocycles. The minimum Gasteiger partial charge on any atom is -0.348 e. The van der Waals surface area contributed by atoms with Crippen molar-refractivity contribution in [2.45, 2.75) is 13.5 Å². The molecule has 0 bridgehead atoms. The van der Waals surface area contributed by atoms with Gasteiger partial charge in [-0.15, -0.1) is 0 Å². The molecule has 0 aliphatic rings. The Labute approximate surface area is 173 Å². The molecule has 0 spiro atoms. The van der Waals surface area contributed by atoms with Crippen molar-refractivity contribution in [1.29, 1.82) is 0 Å². The SMILES string of the molecule is CC(=O)Nc1ccc(NS(C)(=O)=O)c(C(=O)NCc2ccc(-n3cccn3)nc2)c1. The lowest BCUT2D eigenvalue weighted by Crippen LogP contribution is -2.25. The van der Waals surface area contributed by atoms with Gasteiger partial charge < -0.3 is 10.6 Å². The maximum absolute atomic E-state index is 12.7. The van der Waals surface area contributed by atoms with Crippen LogP contribution in [0, 0.1) is 0 Å². The molecule has 0 atom stereocenters. The van der Waals surface area contributed by atoms with E-state index in [1.807, 2.05) is 0 Å². The number of hydrogen-bond donors (Lipinski definition) is 3. The van der Waals surface area contributed by atoms with Crippen molar-refractivity contribution in [3.8, 4) is 5.82 Å². The summed E-state index contributed by atoms with van der Waals surface area (Å²) in [6, 6.07) is 9.68. The summed E-state index contributed by atoms with van der Waals surface area (Å²) < 4.78 is 27.2. The monoisotopic (exact) mass is 428 g/mol. The zero-order valence-corrected chi connectivity index (χ0v) is 17.1. The first-order valence-electron chi connectivity index (χ1n) is 8.84. The molecule has 0 aliphatic carbocycles. The lowest BCUT2D eigenvalue weighted by Gasteiger charge is -2.13. The van der Waals surface area contributed by atoms with Gasteiger partial charge in [0.1, 0.15) is 0 Å². The first-order valence-corrected chi connectivity index (χ1v) is 10.7. The average Bonchev–Trinajstić information content (AvgIpc) is 3.21. The van der Waals surface area contributed by atoms with Gasteiger partial charge in [-0.25, -0.2) is 18.1 Å². The Kier molecular flexibility index (Phi) is 6.11. The van der Waals surface area contributed by atoms with Crippen LogP contribution in [0.25, 0.3) is 5.82 Å². The van der Waals surface area contributed by atoms with Crippen molar-refractivity contribution >= 4 is 33.2 Å². The number of aromatic nitrogens is 3. The Morgan fingerprint density at radius 1 is 1.17 bits per heavy atom. The minimum absolute atomic E-state index is 0.0767. The van der Waals surface area contributed by atoms with E-state index in [9.17, 15) is 18.0 Å². The number of amides is 2. The van der Waals surface area contributed by atoms with Gasteiger partial charge in [0.15, 0.2) is 5.82 Å².